The molecule has 4 aromatic rings. The lowest BCUT2D eigenvalue weighted by Gasteiger charge is -2.29. The van der Waals surface area contributed by atoms with Gasteiger partial charge >= 0.3 is 0 Å². The topological polar surface area (TPSA) is 55.1 Å². The average Bonchev–Trinajstić information content (AvgIpc) is 2.80. The van der Waals surface area contributed by atoms with Crippen LogP contribution in [0.1, 0.15) is 0 Å². The monoisotopic (exact) mass is 484 g/mol. The van der Waals surface area contributed by atoms with Crippen LogP contribution in [0, 0.1) is 5.21 Å². The van der Waals surface area contributed by atoms with Gasteiger partial charge in [-0.1, -0.05) is 59.1 Å². The molecule has 1 saturated heterocycles. The van der Waals surface area contributed by atoms with Crippen LogP contribution in [0.2, 0.25) is 15.1 Å². The summed E-state index contributed by atoms with van der Waals surface area (Å²) in [6, 6.07) is 16.7. The first kappa shape index (κ1) is 21.3. The Morgan fingerprint density at radius 1 is 0.875 bits per heavy atom. The fraction of sp³-hybridized carbons (Fsp3) is 0.167. The molecule has 0 bridgehead atoms. The molecular weight excluding hydrogens is 467 g/mol. The van der Waals surface area contributed by atoms with E-state index < -0.39 is 0 Å². The van der Waals surface area contributed by atoms with Gasteiger partial charge < -0.3 is 15.4 Å². The summed E-state index contributed by atoms with van der Waals surface area (Å²) in [6.07, 6.45) is 1.46. The zero-order valence-electron chi connectivity index (χ0n) is 17.0. The third-order valence-corrected chi connectivity index (χ3v) is 6.63. The number of pyridine rings is 2. The van der Waals surface area contributed by atoms with E-state index in [0.29, 0.717) is 31.8 Å². The van der Waals surface area contributed by atoms with Crippen LogP contribution < -0.4 is 14.9 Å². The van der Waals surface area contributed by atoms with E-state index in [1.807, 2.05) is 30.3 Å². The Kier molecular flexibility index (Phi) is 5.82. The van der Waals surface area contributed by atoms with Crippen molar-refractivity contribution in [1.29, 1.82) is 0 Å². The molecular formula is C24H19Cl3N4O. The summed E-state index contributed by atoms with van der Waals surface area (Å²) in [7, 11) is 0. The first-order valence-corrected chi connectivity index (χ1v) is 11.4. The standard InChI is InChI=1S/C24H19Cl3N4O/c25-18-5-2-1-4-15(18)17-14-21(30-12-9-28-10-13-30)29-23-16(17)8-11-31(32)24(23)22-19(26)6-3-7-20(22)27/h1-8,11,14,28H,9-10,12-13H2. The zero-order valence-corrected chi connectivity index (χ0v) is 19.3. The van der Waals surface area contributed by atoms with Crippen molar-refractivity contribution >= 4 is 51.5 Å². The molecule has 8 heteroatoms. The van der Waals surface area contributed by atoms with E-state index in [1.54, 1.807) is 24.3 Å². The molecule has 0 unspecified atom stereocenters. The molecule has 5 nitrogen and oxygen atoms in total. The number of aromatic nitrogens is 2. The van der Waals surface area contributed by atoms with Crippen LogP contribution in [0.25, 0.3) is 33.3 Å². The number of benzene rings is 2. The summed E-state index contributed by atoms with van der Waals surface area (Å²) < 4.78 is 0.778. The van der Waals surface area contributed by atoms with Crippen molar-refractivity contribution in [2.45, 2.75) is 0 Å². The number of fused-ring (bicyclic) bond motifs is 1. The molecule has 1 aliphatic rings. The van der Waals surface area contributed by atoms with E-state index in [9.17, 15) is 5.21 Å². The van der Waals surface area contributed by atoms with Crippen LogP contribution >= 0.6 is 34.8 Å². The minimum atomic E-state index is 0.323. The second-order valence-corrected chi connectivity index (χ2v) is 8.82. The molecule has 32 heavy (non-hydrogen) atoms. The van der Waals surface area contributed by atoms with Gasteiger partial charge in [-0.15, -0.1) is 0 Å². The Morgan fingerprint density at radius 3 is 2.28 bits per heavy atom. The highest BCUT2D eigenvalue weighted by Crippen LogP contribution is 2.40. The zero-order chi connectivity index (χ0) is 22.2. The molecule has 2 aromatic carbocycles. The van der Waals surface area contributed by atoms with Crippen molar-refractivity contribution in [2.75, 3.05) is 31.1 Å². The summed E-state index contributed by atoms with van der Waals surface area (Å²) in [5, 5.41) is 18.6. The van der Waals surface area contributed by atoms with Crippen LogP contribution in [-0.2, 0) is 0 Å². The lowest BCUT2D eigenvalue weighted by molar-refractivity contribution is -0.592. The number of rotatable bonds is 3. The minimum Gasteiger partial charge on any atom is -0.618 e. The Morgan fingerprint density at radius 2 is 1.56 bits per heavy atom. The Labute approximate surface area is 200 Å². The largest absolute Gasteiger partial charge is 0.618 e. The van der Waals surface area contributed by atoms with E-state index in [0.717, 1.165) is 53.2 Å². The smallest absolute Gasteiger partial charge is 0.253 e. The predicted molar refractivity (Wildman–Crippen MR) is 132 cm³/mol. The number of halogens is 3. The third kappa shape index (κ3) is 3.76. The summed E-state index contributed by atoms with van der Waals surface area (Å²) in [6.45, 7) is 3.35. The number of piperazine rings is 1. The molecule has 1 N–H and O–H groups in total. The van der Waals surface area contributed by atoms with Crippen molar-refractivity contribution in [3.05, 3.63) is 81.1 Å². The lowest BCUT2D eigenvalue weighted by atomic mass is 9.99. The number of anilines is 1. The molecule has 2 aromatic heterocycles. The minimum absolute atomic E-state index is 0.323. The molecule has 0 saturated carbocycles. The molecule has 0 radical (unpaired) electrons. The maximum absolute atomic E-state index is 13.1. The van der Waals surface area contributed by atoms with Crippen molar-refractivity contribution in [3.63, 3.8) is 0 Å². The van der Waals surface area contributed by atoms with Gasteiger partial charge in [-0.3, -0.25) is 0 Å². The Hall–Kier alpha value is -2.57. The van der Waals surface area contributed by atoms with E-state index in [4.69, 9.17) is 39.8 Å². The van der Waals surface area contributed by atoms with Crippen molar-refractivity contribution < 1.29 is 4.73 Å². The highest BCUT2D eigenvalue weighted by atomic mass is 35.5. The van der Waals surface area contributed by atoms with Gasteiger partial charge in [0.05, 0.1) is 15.6 Å². The molecule has 0 aliphatic carbocycles. The second-order valence-electron chi connectivity index (χ2n) is 7.59. The van der Waals surface area contributed by atoms with Gasteiger partial charge in [-0.05, 0) is 29.8 Å². The van der Waals surface area contributed by atoms with Gasteiger partial charge in [-0.2, -0.15) is 4.73 Å². The molecule has 5 rings (SSSR count). The molecule has 0 atom stereocenters. The van der Waals surface area contributed by atoms with Crippen LogP contribution in [0.5, 0.6) is 0 Å². The summed E-state index contributed by atoms with van der Waals surface area (Å²) in [5.41, 5.74) is 3.09. The summed E-state index contributed by atoms with van der Waals surface area (Å²) in [5.74, 6) is 0.782. The van der Waals surface area contributed by atoms with Gasteiger partial charge in [0.25, 0.3) is 5.69 Å². The van der Waals surface area contributed by atoms with E-state index in [1.165, 1.54) is 6.20 Å². The van der Waals surface area contributed by atoms with Crippen LogP contribution in [0.4, 0.5) is 5.82 Å². The van der Waals surface area contributed by atoms with Crippen LogP contribution in [0.15, 0.2) is 60.8 Å². The molecule has 3 heterocycles. The quantitative estimate of drug-likeness (QED) is 0.304. The first-order valence-electron chi connectivity index (χ1n) is 10.3. The van der Waals surface area contributed by atoms with Gasteiger partial charge in [-0.25, -0.2) is 4.98 Å². The summed E-state index contributed by atoms with van der Waals surface area (Å²) >= 11 is 19.6. The molecule has 0 spiro atoms. The number of nitrogens with zero attached hydrogens (tertiary/aromatic N) is 3. The summed E-state index contributed by atoms with van der Waals surface area (Å²) in [4.78, 5) is 7.16. The lowest BCUT2D eigenvalue weighted by Crippen LogP contribution is -2.44. The number of nitrogens with one attached hydrogen (secondary N) is 1. The van der Waals surface area contributed by atoms with Crippen LogP contribution in [0.3, 0.4) is 0 Å². The second kappa shape index (κ2) is 8.75. The fourth-order valence-corrected chi connectivity index (χ4v) is 4.94. The Bertz CT molecular complexity index is 1300. The number of hydrogen-bond acceptors (Lipinski definition) is 4. The van der Waals surface area contributed by atoms with Gasteiger partial charge in [0.2, 0.25) is 0 Å². The molecule has 162 valence electrons. The van der Waals surface area contributed by atoms with Gasteiger partial charge in [0.15, 0.2) is 6.20 Å². The number of hydrogen-bond donors (Lipinski definition) is 1. The van der Waals surface area contributed by atoms with E-state index >= 15 is 0 Å². The van der Waals surface area contributed by atoms with E-state index in [2.05, 4.69) is 10.2 Å². The van der Waals surface area contributed by atoms with Gasteiger partial charge in [0, 0.05) is 48.2 Å². The maximum atomic E-state index is 13.1. The van der Waals surface area contributed by atoms with Crippen LogP contribution in [-0.4, -0.2) is 31.2 Å². The molecule has 1 fully saturated rings. The molecule has 0 amide bonds. The highest BCUT2D eigenvalue weighted by molar-refractivity contribution is 6.39. The average molecular weight is 486 g/mol. The normalized spacial score (nSPS) is 14.2. The Balaban J connectivity index is 1.87. The maximum Gasteiger partial charge on any atom is 0.253 e. The van der Waals surface area contributed by atoms with Crippen molar-refractivity contribution in [2.24, 2.45) is 0 Å². The first-order chi connectivity index (χ1) is 15.5. The fourth-order valence-electron chi connectivity index (χ4n) is 4.12. The highest BCUT2D eigenvalue weighted by Gasteiger charge is 2.25. The van der Waals surface area contributed by atoms with Crippen molar-refractivity contribution in [1.82, 2.24) is 10.3 Å². The predicted octanol–water partition coefficient (Wildman–Crippen LogP) is 5.57. The van der Waals surface area contributed by atoms with Gasteiger partial charge in [0.1, 0.15) is 11.3 Å². The molecule has 1 aliphatic heterocycles. The van der Waals surface area contributed by atoms with E-state index in [-0.39, 0.29) is 0 Å². The third-order valence-electron chi connectivity index (χ3n) is 5.67. The van der Waals surface area contributed by atoms with Crippen molar-refractivity contribution in [3.8, 4) is 22.4 Å². The SMILES string of the molecule is [O-][n+]1ccc2c(-c3ccccc3Cl)cc(N3CCNCC3)nc2c1-c1c(Cl)cccc1Cl.